The topological polar surface area (TPSA) is 88.5 Å². The summed E-state index contributed by atoms with van der Waals surface area (Å²) in [6.45, 7) is 3.47. The third-order valence-electron chi connectivity index (χ3n) is 6.49. The summed E-state index contributed by atoms with van der Waals surface area (Å²) < 4.78 is 17.3. The van der Waals surface area contributed by atoms with Gasteiger partial charge in [-0.25, -0.2) is 0 Å². The molecule has 0 bridgehead atoms. The van der Waals surface area contributed by atoms with Crippen LogP contribution in [0.25, 0.3) is 5.76 Å². The van der Waals surface area contributed by atoms with Crippen LogP contribution in [0, 0.1) is 0 Å². The Bertz CT molecular complexity index is 1350. The molecule has 1 unspecified atom stereocenters. The molecule has 0 saturated carbocycles. The molecule has 1 aliphatic rings. The van der Waals surface area contributed by atoms with Gasteiger partial charge in [0.25, 0.3) is 11.7 Å². The van der Waals surface area contributed by atoms with E-state index in [1.54, 1.807) is 42.5 Å². The minimum atomic E-state index is -0.807. The molecule has 4 rings (SSSR count). The van der Waals surface area contributed by atoms with Gasteiger partial charge in [0.2, 0.25) is 0 Å². The highest BCUT2D eigenvalue weighted by atomic mass is 16.5. The van der Waals surface area contributed by atoms with Crippen molar-refractivity contribution in [2.24, 2.45) is 0 Å². The van der Waals surface area contributed by atoms with Gasteiger partial charge in [0.05, 0.1) is 25.3 Å². The molecule has 1 N–H and O–H groups in total. The quantitative estimate of drug-likeness (QED) is 0.219. The Morgan fingerprint density at radius 3 is 2.41 bits per heavy atom. The third-order valence-corrected chi connectivity index (χ3v) is 6.49. The van der Waals surface area contributed by atoms with E-state index >= 15 is 0 Å². The van der Waals surface area contributed by atoms with E-state index in [-0.39, 0.29) is 11.3 Å². The molecule has 0 spiro atoms. The Balaban J connectivity index is 1.78. The van der Waals surface area contributed by atoms with Gasteiger partial charge in [-0.1, -0.05) is 48.5 Å². The van der Waals surface area contributed by atoms with Crippen molar-refractivity contribution in [2.45, 2.75) is 19.6 Å². The number of aliphatic hydroxyl groups excluding tert-OH is 1. The minimum absolute atomic E-state index is 0.0208. The van der Waals surface area contributed by atoms with Crippen LogP contribution in [-0.4, -0.2) is 67.5 Å². The van der Waals surface area contributed by atoms with Crippen molar-refractivity contribution in [3.05, 3.63) is 95.1 Å². The van der Waals surface area contributed by atoms with Crippen molar-refractivity contribution in [1.29, 1.82) is 0 Å². The van der Waals surface area contributed by atoms with Crippen LogP contribution in [0.4, 0.5) is 0 Å². The van der Waals surface area contributed by atoms with E-state index in [0.29, 0.717) is 54.7 Å². The zero-order valence-electron chi connectivity index (χ0n) is 22.7. The van der Waals surface area contributed by atoms with E-state index in [1.165, 1.54) is 12.0 Å². The van der Waals surface area contributed by atoms with Gasteiger partial charge in [-0.15, -0.1) is 0 Å². The molecular formula is C31H34N2O6. The van der Waals surface area contributed by atoms with Crippen molar-refractivity contribution >= 4 is 17.4 Å². The largest absolute Gasteiger partial charge is 0.507 e. The Kier molecular flexibility index (Phi) is 8.88. The maximum absolute atomic E-state index is 13.3. The van der Waals surface area contributed by atoms with Gasteiger partial charge in [-0.3, -0.25) is 9.59 Å². The molecule has 1 fully saturated rings. The molecule has 3 aromatic rings. The Labute approximate surface area is 229 Å². The van der Waals surface area contributed by atoms with Crippen molar-refractivity contribution in [1.82, 2.24) is 9.80 Å². The van der Waals surface area contributed by atoms with Gasteiger partial charge in [-0.05, 0) is 56.4 Å². The van der Waals surface area contributed by atoms with Crippen LogP contribution in [0.5, 0.6) is 17.2 Å². The molecule has 1 saturated heterocycles. The van der Waals surface area contributed by atoms with Gasteiger partial charge in [0, 0.05) is 18.7 Å². The summed E-state index contributed by atoms with van der Waals surface area (Å²) in [5.41, 5.74) is 2.05. The number of carbonyl (C=O) groups excluding carboxylic acids is 2. The monoisotopic (exact) mass is 530 g/mol. The lowest BCUT2D eigenvalue weighted by molar-refractivity contribution is -0.140. The van der Waals surface area contributed by atoms with E-state index in [9.17, 15) is 14.7 Å². The predicted octanol–water partition coefficient (Wildman–Crippen LogP) is 4.66. The summed E-state index contributed by atoms with van der Waals surface area (Å²) in [5.74, 6) is -0.0916. The van der Waals surface area contributed by atoms with Gasteiger partial charge in [-0.2, -0.15) is 0 Å². The first-order valence-corrected chi connectivity index (χ1v) is 12.8. The number of rotatable bonds is 11. The normalized spacial score (nSPS) is 16.5. The summed E-state index contributed by atoms with van der Waals surface area (Å²) in [6, 6.07) is 21.1. The number of hydrogen-bond acceptors (Lipinski definition) is 7. The van der Waals surface area contributed by atoms with Crippen LogP contribution in [0.1, 0.15) is 29.7 Å². The molecule has 204 valence electrons. The van der Waals surface area contributed by atoms with Gasteiger partial charge < -0.3 is 29.1 Å². The fourth-order valence-electron chi connectivity index (χ4n) is 4.51. The van der Waals surface area contributed by atoms with Crippen LogP contribution in [0.2, 0.25) is 0 Å². The number of aliphatic hydroxyl groups is 1. The lowest BCUT2D eigenvalue weighted by Crippen LogP contribution is -2.35. The van der Waals surface area contributed by atoms with E-state index in [2.05, 4.69) is 0 Å². The third kappa shape index (κ3) is 6.23. The molecule has 1 amide bonds. The van der Waals surface area contributed by atoms with Crippen molar-refractivity contribution in [3.8, 4) is 17.2 Å². The number of carbonyl (C=O) groups is 2. The number of hydrogen-bond donors (Lipinski definition) is 1. The number of Topliss-reactive ketones (excluding diaryl/α,β-unsaturated/α-hetero) is 1. The lowest BCUT2D eigenvalue weighted by atomic mass is 9.95. The molecular weight excluding hydrogens is 496 g/mol. The number of benzene rings is 3. The second kappa shape index (κ2) is 12.5. The van der Waals surface area contributed by atoms with Crippen molar-refractivity contribution in [2.75, 3.05) is 40.9 Å². The van der Waals surface area contributed by atoms with Crippen LogP contribution in [0.3, 0.4) is 0 Å². The molecule has 0 aliphatic carbocycles. The number of amides is 1. The molecule has 0 aromatic heterocycles. The lowest BCUT2D eigenvalue weighted by Gasteiger charge is -2.27. The SMILES string of the molecule is CCOc1cc(C2C(=C(O)c3cccc(OC)c3)C(=O)C(=O)N2CCN(C)C)ccc1OCc1ccccc1. The van der Waals surface area contributed by atoms with Crippen molar-refractivity contribution < 1.29 is 28.9 Å². The summed E-state index contributed by atoms with van der Waals surface area (Å²) in [5, 5.41) is 11.4. The summed E-state index contributed by atoms with van der Waals surface area (Å²) in [7, 11) is 5.32. The minimum Gasteiger partial charge on any atom is -0.507 e. The van der Waals surface area contributed by atoms with Gasteiger partial charge >= 0.3 is 0 Å². The van der Waals surface area contributed by atoms with E-state index in [4.69, 9.17) is 14.2 Å². The van der Waals surface area contributed by atoms with E-state index in [1.807, 2.05) is 56.3 Å². The summed E-state index contributed by atoms with van der Waals surface area (Å²) in [6.07, 6.45) is 0. The highest BCUT2D eigenvalue weighted by molar-refractivity contribution is 6.46. The zero-order chi connectivity index (χ0) is 27.9. The number of likely N-dealkylation sites (tertiary alicyclic amines) is 1. The molecule has 3 aromatic carbocycles. The first kappa shape index (κ1) is 27.7. The van der Waals surface area contributed by atoms with E-state index in [0.717, 1.165) is 5.56 Å². The molecule has 1 atom stereocenters. The van der Waals surface area contributed by atoms with Gasteiger partial charge in [0.15, 0.2) is 11.5 Å². The van der Waals surface area contributed by atoms with E-state index < -0.39 is 17.7 Å². The van der Waals surface area contributed by atoms with Crippen LogP contribution < -0.4 is 14.2 Å². The fourth-order valence-corrected chi connectivity index (χ4v) is 4.51. The molecule has 8 heteroatoms. The standard InChI is InChI=1S/C31H34N2O6/c1-5-38-26-19-22(14-15-25(26)39-20-21-10-7-6-8-11-21)28-27(29(34)23-12-9-13-24(18-23)37-4)30(35)31(36)33(28)17-16-32(2)3/h6-15,18-19,28,34H,5,16-17,20H2,1-4H3. The summed E-state index contributed by atoms with van der Waals surface area (Å²) >= 11 is 0. The smallest absolute Gasteiger partial charge is 0.295 e. The first-order valence-electron chi connectivity index (χ1n) is 12.8. The number of ketones is 1. The highest BCUT2D eigenvalue weighted by Gasteiger charge is 2.46. The maximum Gasteiger partial charge on any atom is 0.295 e. The molecule has 1 heterocycles. The fraction of sp³-hybridized carbons (Fsp3) is 0.290. The Hall–Kier alpha value is -4.30. The maximum atomic E-state index is 13.3. The Morgan fingerprint density at radius 2 is 1.72 bits per heavy atom. The van der Waals surface area contributed by atoms with Crippen molar-refractivity contribution in [3.63, 3.8) is 0 Å². The number of ether oxygens (including phenoxy) is 3. The number of methoxy groups -OCH3 is 1. The number of likely N-dealkylation sites (N-methyl/N-ethyl adjacent to an activating group) is 1. The second-order valence-electron chi connectivity index (χ2n) is 9.44. The molecule has 39 heavy (non-hydrogen) atoms. The molecule has 8 nitrogen and oxygen atoms in total. The second-order valence-corrected chi connectivity index (χ2v) is 9.44. The Morgan fingerprint density at radius 1 is 0.949 bits per heavy atom. The average Bonchev–Trinajstić information content (AvgIpc) is 3.20. The zero-order valence-corrected chi connectivity index (χ0v) is 22.7. The number of nitrogens with zero attached hydrogens (tertiary/aromatic N) is 2. The molecule has 0 radical (unpaired) electrons. The first-order chi connectivity index (χ1) is 18.8. The highest BCUT2D eigenvalue weighted by Crippen LogP contribution is 2.42. The van der Waals surface area contributed by atoms with Crippen LogP contribution >= 0.6 is 0 Å². The van der Waals surface area contributed by atoms with Crippen LogP contribution in [-0.2, 0) is 16.2 Å². The van der Waals surface area contributed by atoms with Gasteiger partial charge in [0.1, 0.15) is 18.1 Å². The summed E-state index contributed by atoms with van der Waals surface area (Å²) in [4.78, 5) is 30.0. The average molecular weight is 531 g/mol. The molecule has 1 aliphatic heterocycles. The predicted molar refractivity (Wildman–Crippen MR) is 149 cm³/mol. The van der Waals surface area contributed by atoms with Crippen LogP contribution in [0.15, 0.2) is 78.4 Å².